The van der Waals surface area contributed by atoms with Crippen molar-refractivity contribution in [2.24, 2.45) is 10.9 Å². The zero-order valence-electron chi connectivity index (χ0n) is 7.96. The molecule has 0 bridgehead atoms. The number of aliphatic imine (C=N–C) groups is 1. The van der Waals surface area contributed by atoms with Gasteiger partial charge in [-0.3, -0.25) is 4.99 Å². The Morgan fingerprint density at radius 1 is 1.64 bits per heavy atom. The fourth-order valence-electron chi connectivity index (χ4n) is 1.48. The molecule has 0 aromatic carbocycles. The zero-order chi connectivity index (χ0) is 8.43. The highest BCUT2D eigenvalue weighted by Gasteiger charge is 2.20. The summed E-state index contributed by atoms with van der Waals surface area (Å²) in [6.45, 7) is 11.0. The summed E-state index contributed by atoms with van der Waals surface area (Å²) in [7, 11) is 0. The first-order chi connectivity index (χ1) is 5.11. The third-order valence-electron chi connectivity index (χ3n) is 2.09. The fraction of sp³-hybridized carbons (Fsp3) is 0.889. The van der Waals surface area contributed by atoms with Gasteiger partial charge in [0.25, 0.3) is 0 Å². The normalized spacial score (nSPS) is 24.6. The Morgan fingerprint density at radius 2 is 2.27 bits per heavy atom. The quantitative estimate of drug-likeness (QED) is 0.592. The first kappa shape index (κ1) is 8.57. The average molecular weight is 154 g/mol. The highest BCUT2D eigenvalue weighted by atomic mass is 15.3. The van der Waals surface area contributed by atoms with Gasteiger partial charge in [-0.05, 0) is 19.8 Å². The lowest BCUT2D eigenvalue weighted by Gasteiger charge is -2.25. The minimum atomic E-state index is 0.623. The molecular formula is C9H18N2. The van der Waals surface area contributed by atoms with Crippen molar-refractivity contribution in [3.8, 4) is 0 Å². The SMILES string of the molecule is CC1=NCC(C)N1CC(C)C. The Labute approximate surface area is 69.3 Å². The maximum atomic E-state index is 4.39. The lowest BCUT2D eigenvalue weighted by atomic mass is 10.2. The highest BCUT2D eigenvalue weighted by molar-refractivity contribution is 5.81. The third-order valence-corrected chi connectivity index (χ3v) is 2.09. The molecule has 0 fully saturated rings. The van der Waals surface area contributed by atoms with Crippen LogP contribution in [-0.2, 0) is 0 Å². The Morgan fingerprint density at radius 3 is 2.64 bits per heavy atom. The molecule has 0 aromatic rings. The lowest BCUT2D eigenvalue weighted by Crippen LogP contribution is -2.36. The molecule has 1 atom stereocenters. The summed E-state index contributed by atoms with van der Waals surface area (Å²) in [5.41, 5.74) is 0. The minimum absolute atomic E-state index is 0.623. The minimum Gasteiger partial charge on any atom is -0.356 e. The molecule has 2 nitrogen and oxygen atoms in total. The zero-order valence-corrected chi connectivity index (χ0v) is 7.96. The van der Waals surface area contributed by atoms with Gasteiger partial charge in [0.1, 0.15) is 0 Å². The lowest BCUT2D eigenvalue weighted by molar-refractivity contribution is 0.322. The van der Waals surface area contributed by atoms with Crippen molar-refractivity contribution in [1.82, 2.24) is 4.90 Å². The van der Waals surface area contributed by atoms with E-state index in [9.17, 15) is 0 Å². The number of nitrogens with zero attached hydrogens (tertiary/aromatic N) is 2. The van der Waals surface area contributed by atoms with Gasteiger partial charge in [0.05, 0.1) is 12.4 Å². The van der Waals surface area contributed by atoms with E-state index >= 15 is 0 Å². The molecular weight excluding hydrogens is 136 g/mol. The molecule has 2 heteroatoms. The van der Waals surface area contributed by atoms with Gasteiger partial charge >= 0.3 is 0 Å². The van der Waals surface area contributed by atoms with Crippen LogP contribution in [0.4, 0.5) is 0 Å². The van der Waals surface area contributed by atoms with E-state index in [0.717, 1.165) is 19.0 Å². The van der Waals surface area contributed by atoms with Crippen molar-refractivity contribution in [1.29, 1.82) is 0 Å². The summed E-state index contributed by atoms with van der Waals surface area (Å²) in [5, 5.41) is 0. The molecule has 1 heterocycles. The Balaban J connectivity index is 2.49. The molecule has 11 heavy (non-hydrogen) atoms. The van der Waals surface area contributed by atoms with Crippen molar-refractivity contribution in [3.05, 3.63) is 0 Å². The topological polar surface area (TPSA) is 15.6 Å². The van der Waals surface area contributed by atoms with Crippen LogP contribution in [0, 0.1) is 5.92 Å². The highest BCUT2D eigenvalue weighted by Crippen LogP contribution is 2.11. The summed E-state index contributed by atoms with van der Waals surface area (Å²) in [6, 6.07) is 0.623. The second kappa shape index (κ2) is 3.24. The van der Waals surface area contributed by atoms with E-state index in [1.807, 2.05) is 0 Å². The third kappa shape index (κ3) is 1.95. The van der Waals surface area contributed by atoms with Crippen molar-refractivity contribution < 1.29 is 0 Å². The molecule has 1 rings (SSSR count). The molecule has 0 spiro atoms. The second-order valence-electron chi connectivity index (χ2n) is 3.78. The van der Waals surface area contributed by atoms with Gasteiger partial charge in [0.15, 0.2) is 0 Å². The van der Waals surface area contributed by atoms with Gasteiger partial charge in [-0.2, -0.15) is 0 Å². The van der Waals surface area contributed by atoms with E-state index in [4.69, 9.17) is 0 Å². The molecule has 0 N–H and O–H groups in total. The summed E-state index contributed by atoms with van der Waals surface area (Å²) >= 11 is 0. The molecule has 1 aliphatic heterocycles. The monoisotopic (exact) mass is 154 g/mol. The Hall–Kier alpha value is -0.530. The van der Waals surface area contributed by atoms with E-state index < -0.39 is 0 Å². The van der Waals surface area contributed by atoms with Crippen LogP contribution in [-0.4, -0.2) is 29.9 Å². The number of amidine groups is 1. The van der Waals surface area contributed by atoms with Crippen molar-refractivity contribution in [3.63, 3.8) is 0 Å². The molecule has 0 saturated carbocycles. The van der Waals surface area contributed by atoms with Gasteiger partial charge in [-0.25, -0.2) is 0 Å². The van der Waals surface area contributed by atoms with Crippen LogP contribution < -0.4 is 0 Å². The van der Waals surface area contributed by atoms with Crippen LogP contribution in [0.5, 0.6) is 0 Å². The number of rotatable bonds is 2. The van der Waals surface area contributed by atoms with Crippen LogP contribution in [0.15, 0.2) is 4.99 Å². The van der Waals surface area contributed by atoms with E-state index in [-0.39, 0.29) is 0 Å². The number of hydrogen-bond donors (Lipinski definition) is 0. The Kier molecular flexibility index (Phi) is 2.53. The van der Waals surface area contributed by atoms with E-state index in [1.165, 1.54) is 5.84 Å². The van der Waals surface area contributed by atoms with Crippen LogP contribution in [0.3, 0.4) is 0 Å². The van der Waals surface area contributed by atoms with Crippen molar-refractivity contribution in [2.45, 2.75) is 33.7 Å². The van der Waals surface area contributed by atoms with Gasteiger partial charge in [0.2, 0.25) is 0 Å². The molecule has 1 unspecified atom stereocenters. The fourth-order valence-corrected chi connectivity index (χ4v) is 1.48. The van der Waals surface area contributed by atoms with Crippen LogP contribution >= 0.6 is 0 Å². The maximum Gasteiger partial charge on any atom is 0.0961 e. The van der Waals surface area contributed by atoms with Crippen molar-refractivity contribution in [2.75, 3.05) is 13.1 Å². The van der Waals surface area contributed by atoms with E-state index in [1.54, 1.807) is 0 Å². The first-order valence-corrected chi connectivity index (χ1v) is 4.39. The summed E-state index contributed by atoms with van der Waals surface area (Å²) in [4.78, 5) is 6.79. The average Bonchev–Trinajstić information content (AvgIpc) is 2.18. The summed E-state index contributed by atoms with van der Waals surface area (Å²) in [5.74, 6) is 1.95. The number of hydrogen-bond acceptors (Lipinski definition) is 2. The largest absolute Gasteiger partial charge is 0.356 e. The molecule has 0 amide bonds. The molecule has 64 valence electrons. The molecule has 0 saturated heterocycles. The van der Waals surface area contributed by atoms with Gasteiger partial charge in [0, 0.05) is 12.6 Å². The van der Waals surface area contributed by atoms with Gasteiger partial charge < -0.3 is 4.90 Å². The smallest absolute Gasteiger partial charge is 0.0961 e. The van der Waals surface area contributed by atoms with Gasteiger partial charge in [-0.1, -0.05) is 13.8 Å². The predicted molar refractivity (Wildman–Crippen MR) is 49.0 cm³/mol. The van der Waals surface area contributed by atoms with Crippen LogP contribution in [0.1, 0.15) is 27.7 Å². The maximum absolute atomic E-state index is 4.39. The molecule has 0 aromatic heterocycles. The summed E-state index contributed by atoms with van der Waals surface area (Å²) in [6.07, 6.45) is 0. The molecule has 1 aliphatic rings. The summed E-state index contributed by atoms with van der Waals surface area (Å²) < 4.78 is 0. The van der Waals surface area contributed by atoms with Crippen molar-refractivity contribution >= 4 is 5.84 Å². The first-order valence-electron chi connectivity index (χ1n) is 4.39. The standard InChI is InChI=1S/C9H18N2/c1-7(2)6-11-8(3)5-10-9(11)4/h7-8H,5-6H2,1-4H3. The van der Waals surface area contributed by atoms with E-state index in [2.05, 4.69) is 37.6 Å². The second-order valence-corrected chi connectivity index (χ2v) is 3.78. The van der Waals surface area contributed by atoms with Gasteiger partial charge in [-0.15, -0.1) is 0 Å². The predicted octanol–water partition coefficient (Wildman–Crippen LogP) is 1.76. The molecule has 0 radical (unpaired) electrons. The van der Waals surface area contributed by atoms with Crippen LogP contribution in [0.25, 0.3) is 0 Å². The molecule has 0 aliphatic carbocycles. The van der Waals surface area contributed by atoms with Crippen LogP contribution in [0.2, 0.25) is 0 Å². The Bertz CT molecular complexity index is 161. The van der Waals surface area contributed by atoms with E-state index in [0.29, 0.717) is 6.04 Å².